The van der Waals surface area contributed by atoms with Gasteiger partial charge in [-0.15, -0.1) is 0 Å². The van der Waals surface area contributed by atoms with Crippen LogP contribution in [0.2, 0.25) is 0 Å². The minimum atomic E-state index is 0.620. The molecule has 2 nitrogen and oxygen atoms in total. The van der Waals surface area contributed by atoms with Gasteiger partial charge in [0.25, 0.3) is 0 Å². The molecule has 0 spiro atoms. The van der Waals surface area contributed by atoms with Gasteiger partial charge in [-0.1, -0.05) is 13.8 Å². The van der Waals surface area contributed by atoms with Gasteiger partial charge in [0, 0.05) is 19.0 Å². The highest BCUT2D eigenvalue weighted by molar-refractivity contribution is 7.99. The average molecular weight is 205 g/mol. The van der Waals surface area contributed by atoms with Crippen molar-refractivity contribution in [1.29, 1.82) is 0 Å². The highest BCUT2D eigenvalue weighted by Crippen LogP contribution is 2.07. The van der Waals surface area contributed by atoms with Crippen LogP contribution in [0, 0.1) is 5.92 Å². The predicted octanol–water partition coefficient (Wildman–Crippen LogP) is 2.00. The summed E-state index contributed by atoms with van der Waals surface area (Å²) in [5, 5.41) is 4.21. The molecular weight excluding hydrogens is 182 g/mol. The van der Waals surface area contributed by atoms with E-state index in [0.717, 1.165) is 24.9 Å². The van der Waals surface area contributed by atoms with E-state index >= 15 is 0 Å². The van der Waals surface area contributed by atoms with E-state index in [1.54, 1.807) is 7.11 Å². The molecule has 2 atom stereocenters. The predicted molar refractivity (Wildman–Crippen MR) is 61.5 cm³/mol. The molecule has 0 aliphatic rings. The lowest BCUT2D eigenvalue weighted by Crippen LogP contribution is -2.25. The maximum absolute atomic E-state index is 5.06. The lowest BCUT2D eigenvalue weighted by atomic mass is 10.2. The van der Waals surface area contributed by atoms with Gasteiger partial charge in [-0.05, 0) is 31.7 Å². The van der Waals surface area contributed by atoms with Gasteiger partial charge in [-0.25, -0.2) is 0 Å². The van der Waals surface area contributed by atoms with Crippen molar-refractivity contribution in [1.82, 2.24) is 5.32 Å². The lowest BCUT2D eigenvalue weighted by molar-refractivity contribution is 0.158. The normalized spacial score (nSPS) is 15.7. The van der Waals surface area contributed by atoms with Crippen molar-refractivity contribution >= 4 is 11.8 Å². The number of thioether (sulfide) groups is 1. The van der Waals surface area contributed by atoms with Crippen LogP contribution >= 0.6 is 11.8 Å². The van der Waals surface area contributed by atoms with Crippen LogP contribution in [0.3, 0.4) is 0 Å². The fourth-order valence-corrected chi connectivity index (χ4v) is 1.47. The number of methoxy groups -OCH3 is 1. The Morgan fingerprint density at radius 1 is 1.38 bits per heavy atom. The SMILES string of the molecule is COCC(C)CNCCC(C)SC. The van der Waals surface area contributed by atoms with E-state index in [1.165, 1.54) is 6.42 Å². The van der Waals surface area contributed by atoms with E-state index in [4.69, 9.17) is 4.74 Å². The molecule has 0 saturated heterocycles. The first kappa shape index (κ1) is 13.3. The summed E-state index contributed by atoms with van der Waals surface area (Å²) in [7, 11) is 1.76. The summed E-state index contributed by atoms with van der Waals surface area (Å²) < 4.78 is 5.06. The molecule has 0 saturated carbocycles. The standard InChI is InChI=1S/C10H23NOS/c1-9(8-12-3)7-11-6-5-10(2)13-4/h9-11H,5-8H2,1-4H3. The first-order chi connectivity index (χ1) is 6.20. The topological polar surface area (TPSA) is 21.3 Å². The van der Waals surface area contributed by atoms with Crippen molar-refractivity contribution in [2.24, 2.45) is 5.92 Å². The summed E-state index contributed by atoms with van der Waals surface area (Å²) in [6.07, 6.45) is 3.42. The van der Waals surface area contributed by atoms with Gasteiger partial charge in [0.05, 0.1) is 0 Å². The Kier molecular flexibility index (Phi) is 9.03. The van der Waals surface area contributed by atoms with Gasteiger partial charge in [-0.2, -0.15) is 11.8 Å². The van der Waals surface area contributed by atoms with E-state index in [1.807, 2.05) is 11.8 Å². The number of hydrogen-bond acceptors (Lipinski definition) is 3. The number of hydrogen-bond donors (Lipinski definition) is 1. The molecule has 0 aliphatic heterocycles. The van der Waals surface area contributed by atoms with Crippen LogP contribution in [0.15, 0.2) is 0 Å². The van der Waals surface area contributed by atoms with Crippen molar-refractivity contribution < 1.29 is 4.74 Å². The molecule has 0 aliphatic carbocycles. The lowest BCUT2D eigenvalue weighted by Gasteiger charge is -2.12. The summed E-state index contributed by atoms with van der Waals surface area (Å²) >= 11 is 1.93. The van der Waals surface area contributed by atoms with Crippen molar-refractivity contribution in [2.75, 3.05) is 33.1 Å². The molecule has 3 heteroatoms. The van der Waals surface area contributed by atoms with Crippen molar-refractivity contribution in [3.05, 3.63) is 0 Å². The number of rotatable bonds is 8. The highest BCUT2D eigenvalue weighted by Gasteiger charge is 2.01. The third kappa shape index (κ3) is 8.60. The van der Waals surface area contributed by atoms with Gasteiger partial charge in [0.1, 0.15) is 0 Å². The third-order valence-corrected chi connectivity index (χ3v) is 3.11. The van der Waals surface area contributed by atoms with Crippen LogP contribution in [0.25, 0.3) is 0 Å². The summed E-state index contributed by atoms with van der Waals surface area (Å²) in [4.78, 5) is 0. The van der Waals surface area contributed by atoms with E-state index in [9.17, 15) is 0 Å². The molecular formula is C10H23NOS. The molecule has 0 heterocycles. The Morgan fingerprint density at radius 3 is 2.62 bits per heavy atom. The van der Waals surface area contributed by atoms with E-state index in [0.29, 0.717) is 5.92 Å². The minimum absolute atomic E-state index is 0.620. The van der Waals surface area contributed by atoms with E-state index in [2.05, 4.69) is 25.4 Å². The quantitative estimate of drug-likeness (QED) is 0.612. The van der Waals surface area contributed by atoms with Gasteiger partial charge < -0.3 is 10.1 Å². The molecule has 0 rings (SSSR count). The number of nitrogens with one attached hydrogen (secondary N) is 1. The average Bonchev–Trinajstić information content (AvgIpc) is 2.12. The Balaban J connectivity index is 3.15. The van der Waals surface area contributed by atoms with Crippen LogP contribution in [0.4, 0.5) is 0 Å². The van der Waals surface area contributed by atoms with Crippen LogP contribution < -0.4 is 5.32 Å². The second-order valence-corrected chi connectivity index (χ2v) is 4.88. The maximum atomic E-state index is 5.06. The molecule has 0 radical (unpaired) electrons. The van der Waals surface area contributed by atoms with Crippen molar-refractivity contribution in [3.8, 4) is 0 Å². The zero-order chi connectivity index (χ0) is 10.1. The Labute approximate surface area is 86.8 Å². The third-order valence-electron chi connectivity index (χ3n) is 2.07. The molecule has 1 N–H and O–H groups in total. The van der Waals surface area contributed by atoms with Crippen molar-refractivity contribution in [2.45, 2.75) is 25.5 Å². The van der Waals surface area contributed by atoms with Crippen LogP contribution in [0.1, 0.15) is 20.3 Å². The van der Waals surface area contributed by atoms with Crippen LogP contribution in [-0.2, 0) is 4.74 Å². The van der Waals surface area contributed by atoms with E-state index < -0.39 is 0 Å². The first-order valence-electron chi connectivity index (χ1n) is 4.93. The Morgan fingerprint density at radius 2 is 2.08 bits per heavy atom. The smallest absolute Gasteiger partial charge is 0.0499 e. The molecule has 0 aromatic rings. The number of ether oxygens (including phenoxy) is 1. The fraction of sp³-hybridized carbons (Fsp3) is 1.00. The molecule has 0 aromatic carbocycles. The molecule has 0 bridgehead atoms. The van der Waals surface area contributed by atoms with E-state index in [-0.39, 0.29) is 0 Å². The molecule has 13 heavy (non-hydrogen) atoms. The summed E-state index contributed by atoms with van der Waals surface area (Å²) in [5.74, 6) is 0.620. The largest absolute Gasteiger partial charge is 0.384 e. The summed E-state index contributed by atoms with van der Waals surface area (Å²) in [6, 6.07) is 0. The molecule has 0 amide bonds. The van der Waals surface area contributed by atoms with Crippen molar-refractivity contribution in [3.63, 3.8) is 0 Å². The second-order valence-electron chi connectivity index (χ2n) is 3.60. The minimum Gasteiger partial charge on any atom is -0.384 e. The molecule has 0 fully saturated rings. The van der Waals surface area contributed by atoms with Crippen LogP contribution in [0.5, 0.6) is 0 Å². The van der Waals surface area contributed by atoms with Gasteiger partial charge in [0.2, 0.25) is 0 Å². The first-order valence-corrected chi connectivity index (χ1v) is 6.22. The second kappa shape index (κ2) is 8.85. The highest BCUT2D eigenvalue weighted by atomic mass is 32.2. The Hall–Kier alpha value is 0.270. The van der Waals surface area contributed by atoms with Gasteiger partial charge >= 0.3 is 0 Å². The zero-order valence-electron chi connectivity index (χ0n) is 9.30. The Bertz CT molecular complexity index is 111. The van der Waals surface area contributed by atoms with Gasteiger partial charge in [0.15, 0.2) is 0 Å². The molecule has 0 aromatic heterocycles. The zero-order valence-corrected chi connectivity index (χ0v) is 10.1. The molecule has 2 unspecified atom stereocenters. The monoisotopic (exact) mass is 205 g/mol. The van der Waals surface area contributed by atoms with Gasteiger partial charge in [-0.3, -0.25) is 0 Å². The molecule has 80 valence electrons. The summed E-state index contributed by atoms with van der Waals surface area (Å²) in [6.45, 7) is 7.51. The summed E-state index contributed by atoms with van der Waals surface area (Å²) in [5.41, 5.74) is 0. The fourth-order valence-electron chi connectivity index (χ4n) is 1.12. The van der Waals surface area contributed by atoms with Crippen LogP contribution in [-0.4, -0.2) is 38.3 Å². The maximum Gasteiger partial charge on any atom is 0.0499 e.